The molecule has 12 heavy (non-hydrogen) atoms. The summed E-state index contributed by atoms with van der Waals surface area (Å²) in [6, 6.07) is 0. The van der Waals surface area contributed by atoms with Crippen LogP contribution in [0.25, 0.3) is 0 Å². The summed E-state index contributed by atoms with van der Waals surface area (Å²) in [5, 5.41) is 2.98. The van der Waals surface area contributed by atoms with Crippen LogP contribution in [0.5, 0.6) is 0 Å². The van der Waals surface area contributed by atoms with E-state index in [2.05, 4.69) is 10.3 Å². The summed E-state index contributed by atoms with van der Waals surface area (Å²) in [5.74, 6) is 0.439. The van der Waals surface area contributed by atoms with E-state index < -0.39 is 0 Å². The molecule has 0 aromatic rings. The fraction of sp³-hybridized carbons (Fsp3) is 0. The van der Waals surface area contributed by atoms with Gasteiger partial charge in [0.15, 0.2) is 5.96 Å². The number of nitrogens with two attached hydrogens (primary N) is 1. The molecule has 3 heteroatoms. The number of guanidine groups is 1. The molecule has 60 valence electrons. The summed E-state index contributed by atoms with van der Waals surface area (Å²) in [4.78, 5) is 3.96. The van der Waals surface area contributed by atoms with Crippen LogP contribution in [-0.4, -0.2) is 5.96 Å². The van der Waals surface area contributed by atoms with Gasteiger partial charge in [-0.3, -0.25) is 0 Å². The van der Waals surface area contributed by atoms with Crippen LogP contribution in [0.3, 0.4) is 0 Å². The molecule has 0 saturated carbocycles. The minimum absolute atomic E-state index is 0.439. The van der Waals surface area contributed by atoms with Crippen molar-refractivity contribution in [2.45, 2.75) is 0 Å². The Morgan fingerprint density at radius 1 is 1.25 bits per heavy atom. The van der Waals surface area contributed by atoms with Crippen LogP contribution in [0.4, 0.5) is 0 Å². The molecule has 0 spiro atoms. The largest absolute Gasteiger partial charge is 0.369 e. The van der Waals surface area contributed by atoms with Crippen LogP contribution in [-0.2, 0) is 0 Å². The quantitative estimate of drug-likeness (QED) is 0.549. The van der Waals surface area contributed by atoms with Crippen LogP contribution in [0.1, 0.15) is 0 Å². The molecule has 0 saturated heterocycles. The first kappa shape index (κ1) is 6.91. The molecule has 0 amide bonds. The molecule has 0 bridgehead atoms. The van der Waals surface area contributed by atoms with E-state index in [1.807, 2.05) is 30.4 Å². The Hall–Kier alpha value is -1.77. The number of rotatable bonds is 0. The second kappa shape index (κ2) is 2.70. The average Bonchev–Trinajstić information content (AvgIpc) is 2.28. The molecule has 0 fully saturated rings. The Labute approximate surface area is 70.7 Å². The maximum atomic E-state index is 5.50. The van der Waals surface area contributed by atoms with Gasteiger partial charge in [-0.15, -0.1) is 0 Å². The summed E-state index contributed by atoms with van der Waals surface area (Å²) < 4.78 is 0. The van der Waals surface area contributed by atoms with E-state index in [0.29, 0.717) is 5.96 Å². The highest BCUT2D eigenvalue weighted by Gasteiger charge is 2.07. The zero-order chi connectivity index (χ0) is 8.39. The summed E-state index contributed by atoms with van der Waals surface area (Å²) in [6.07, 6.45) is 11.6. The zero-order valence-corrected chi connectivity index (χ0v) is 6.49. The standard InChI is InChI=1S/C9H9N3/c10-9-11-6-7-4-2-1-3-5-8(7)12-9/h1-6H,(H3,10,11,12). The Kier molecular flexibility index (Phi) is 1.55. The van der Waals surface area contributed by atoms with Gasteiger partial charge in [-0.25, -0.2) is 4.99 Å². The van der Waals surface area contributed by atoms with Crippen molar-refractivity contribution in [3.05, 3.63) is 47.9 Å². The van der Waals surface area contributed by atoms with E-state index in [-0.39, 0.29) is 0 Å². The third-order valence-electron chi connectivity index (χ3n) is 1.68. The van der Waals surface area contributed by atoms with E-state index in [1.165, 1.54) is 0 Å². The second-order valence-electron chi connectivity index (χ2n) is 2.55. The van der Waals surface area contributed by atoms with Crippen LogP contribution >= 0.6 is 0 Å². The van der Waals surface area contributed by atoms with Gasteiger partial charge < -0.3 is 11.1 Å². The monoisotopic (exact) mass is 159 g/mol. The van der Waals surface area contributed by atoms with Gasteiger partial charge in [0, 0.05) is 17.5 Å². The van der Waals surface area contributed by atoms with Gasteiger partial charge in [0.1, 0.15) is 0 Å². The van der Waals surface area contributed by atoms with Gasteiger partial charge in [0.25, 0.3) is 0 Å². The topological polar surface area (TPSA) is 50.4 Å². The molecule has 2 rings (SSSR count). The molecule has 1 aliphatic carbocycles. The van der Waals surface area contributed by atoms with E-state index in [1.54, 1.807) is 6.20 Å². The summed E-state index contributed by atoms with van der Waals surface area (Å²) in [6.45, 7) is 0. The van der Waals surface area contributed by atoms with Crippen molar-refractivity contribution in [2.75, 3.05) is 0 Å². The lowest BCUT2D eigenvalue weighted by Gasteiger charge is -2.13. The molecule has 0 aromatic carbocycles. The smallest absolute Gasteiger partial charge is 0.197 e. The van der Waals surface area contributed by atoms with E-state index >= 15 is 0 Å². The van der Waals surface area contributed by atoms with Crippen molar-refractivity contribution < 1.29 is 0 Å². The molecule has 1 heterocycles. The van der Waals surface area contributed by atoms with Crippen LogP contribution in [0.2, 0.25) is 0 Å². The molecule has 2 aliphatic rings. The minimum Gasteiger partial charge on any atom is -0.369 e. The van der Waals surface area contributed by atoms with Crippen molar-refractivity contribution in [2.24, 2.45) is 10.7 Å². The highest BCUT2D eigenvalue weighted by molar-refractivity contribution is 5.83. The van der Waals surface area contributed by atoms with Gasteiger partial charge in [0.05, 0.1) is 0 Å². The number of hydrogen-bond acceptors (Lipinski definition) is 3. The zero-order valence-electron chi connectivity index (χ0n) is 6.49. The molecule has 3 N–H and O–H groups in total. The normalized spacial score (nSPS) is 19.8. The highest BCUT2D eigenvalue weighted by Crippen LogP contribution is 2.14. The van der Waals surface area contributed by atoms with E-state index in [0.717, 1.165) is 11.3 Å². The fourth-order valence-corrected chi connectivity index (χ4v) is 1.10. The minimum atomic E-state index is 0.439. The van der Waals surface area contributed by atoms with Crippen molar-refractivity contribution in [3.8, 4) is 0 Å². The summed E-state index contributed by atoms with van der Waals surface area (Å²) in [7, 11) is 0. The predicted octanol–water partition coefficient (Wildman–Crippen LogP) is 0.798. The lowest BCUT2D eigenvalue weighted by molar-refractivity contribution is 1.08. The Morgan fingerprint density at radius 2 is 2.17 bits per heavy atom. The Bertz CT molecular complexity index is 343. The fourth-order valence-electron chi connectivity index (χ4n) is 1.10. The SMILES string of the molecule is NC1=NC=C2C=CC=CC=C2N1. The van der Waals surface area contributed by atoms with E-state index in [9.17, 15) is 0 Å². The predicted molar refractivity (Wildman–Crippen MR) is 49.2 cm³/mol. The van der Waals surface area contributed by atoms with Gasteiger partial charge in [-0.1, -0.05) is 24.3 Å². The van der Waals surface area contributed by atoms with Crippen molar-refractivity contribution >= 4 is 5.96 Å². The van der Waals surface area contributed by atoms with Crippen molar-refractivity contribution in [1.82, 2.24) is 5.32 Å². The Morgan fingerprint density at radius 3 is 3.08 bits per heavy atom. The molecular weight excluding hydrogens is 150 g/mol. The van der Waals surface area contributed by atoms with Crippen LogP contribution < -0.4 is 11.1 Å². The number of allylic oxidation sites excluding steroid dienone is 5. The third-order valence-corrected chi connectivity index (χ3v) is 1.68. The third kappa shape index (κ3) is 1.16. The maximum absolute atomic E-state index is 5.50. The first-order valence-corrected chi connectivity index (χ1v) is 3.72. The molecule has 0 unspecified atom stereocenters. The summed E-state index contributed by atoms with van der Waals surface area (Å²) >= 11 is 0. The van der Waals surface area contributed by atoms with Gasteiger partial charge in [0.2, 0.25) is 0 Å². The van der Waals surface area contributed by atoms with Crippen LogP contribution in [0, 0.1) is 0 Å². The molecule has 0 radical (unpaired) electrons. The van der Waals surface area contributed by atoms with Gasteiger partial charge in [-0.05, 0) is 6.08 Å². The first-order valence-electron chi connectivity index (χ1n) is 3.72. The number of aliphatic imine (C=N–C) groups is 1. The highest BCUT2D eigenvalue weighted by atomic mass is 15.1. The van der Waals surface area contributed by atoms with E-state index in [4.69, 9.17) is 5.73 Å². The van der Waals surface area contributed by atoms with Crippen molar-refractivity contribution in [1.29, 1.82) is 0 Å². The average molecular weight is 159 g/mol. The number of nitrogens with zero attached hydrogens (tertiary/aromatic N) is 1. The van der Waals surface area contributed by atoms with Crippen LogP contribution in [0.15, 0.2) is 52.8 Å². The first-order chi connectivity index (χ1) is 5.86. The second-order valence-corrected chi connectivity index (χ2v) is 2.55. The van der Waals surface area contributed by atoms with Gasteiger partial charge in [-0.2, -0.15) is 0 Å². The van der Waals surface area contributed by atoms with Crippen molar-refractivity contribution in [3.63, 3.8) is 0 Å². The molecule has 0 aromatic heterocycles. The number of hydrogen-bond donors (Lipinski definition) is 2. The molecular formula is C9H9N3. The molecule has 3 nitrogen and oxygen atoms in total. The van der Waals surface area contributed by atoms with Gasteiger partial charge >= 0.3 is 0 Å². The molecule has 1 aliphatic heterocycles. The number of nitrogens with one attached hydrogen (secondary N) is 1. The maximum Gasteiger partial charge on any atom is 0.197 e. The lowest BCUT2D eigenvalue weighted by Crippen LogP contribution is -2.33. The number of fused-ring (bicyclic) bond motifs is 1. The Balaban J connectivity index is 2.43. The summed E-state index contributed by atoms with van der Waals surface area (Å²) in [5.41, 5.74) is 7.54. The molecule has 0 atom stereocenters. The lowest BCUT2D eigenvalue weighted by atomic mass is 10.2.